The smallest absolute Gasteiger partial charge is 0.348 e. The highest BCUT2D eigenvalue weighted by Crippen LogP contribution is 2.37. The van der Waals surface area contributed by atoms with Crippen molar-refractivity contribution in [1.82, 2.24) is 25.1 Å². The van der Waals surface area contributed by atoms with Gasteiger partial charge in [0.15, 0.2) is 0 Å². The van der Waals surface area contributed by atoms with Gasteiger partial charge >= 0.3 is 6.18 Å². The maximum Gasteiger partial charge on any atom is 0.416 e. The van der Waals surface area contributed by atoms with Gasteiger partial charge in [-0.05, 0) is 75.3 Å². The molecule has 6 nitrogen and oxygen atoms in total. The van der Waals surface area contributed by atoms with Crippen molar-refractivity contribution in [3.63, 3.8) is 0 Å². The van der Waals surface area contributed by atoms with Crippen LogP contribution in [0.2, 0.25) is 0 Å². The van der Waals surface area contributed by atoms with Crippen LogP contribution in [0.15, 0.2) is 72.9 Å². The maximum absolute atomic E-state index is 13.6. The van der Waals surface area contributed by atoms with E-state index in [0.717, 1.165) is 49.3 Å². The van der Waals surface area contributed by atoms with E-state index >= 15 is 0 Å². The van der Waals surface area contributed by atoms with Gasteiger partial charge in [-0.25, -0.2) is 9.97 Å². The van der Waals surface area contributed by atoms with Crippen LogP contribution in [0.3, 0.4) is 0 Å². The first-order valence-electron chi connectivity index (χ1n) is 12.7. The van der Waals surface area contributed by atoms with Crippen molar-refractivity contribution in [1.29, 1.82) is 0 Å². The summed E-state index contributed by atoms with van der Waals surface area (Å²) < 4.78 is 40.7. The average Bonchev–Trinajstić information content (AvgIpc) is 2.93. The number of nitrogens with one attached hydrogen (secondary N) is 1. The van der Waals surface area contributed by atoms with Crippen molar-refractivity contribution in [2.45, 2.75) is 37.9 Å². The van der Waals surface area contributed by atoms with E-state index in [1.807, 2.05) is 43.3 Å². The van der Waals surface area contributed by atoms with Crippen LogP contribution >= 0.6 is 0 Å². The van der Waals surface area contributed by atoms with Crippen LogP contribution in [0, 0.1) is 0 Å². The van der Waals surface area contributed by atoms with Crippen LogP contribution in [0.1, 0.15) is 48.5 Å². The Balaban J connectivity index is 1.54. The summed E-state index contributed by atoms with van der Waals surface area (Å²) in [4.78, 5) is 11.3. The van der Waals surface area contributed by atoms with Crippen molar-refractivity contribution in [2.24, 2.45) is 0 Å². The van der Waals surface area contributed by atoms with Crippen LogP contribution in [-0.2, 0) is 6.18 Å². The highest BCUT2D eigenvalue weighted by molar-refractivity contribution is 5.79. The minimum atomic E-state index is -4.45. The molecule has 1 N–H and O–H groups in total. The number of hydrogen-bond donors (Lipinski definition) is 1. The third-order valence-electron chi connectivity index (χ3n) is 6.99. The van der Waals surface area contributed by atoms with Crippen LogP contribution in [0.5, 0.6) is 0 Å². The molecule has 0 bridgehead atoms. The second-order valence-electron chi connectivity index (χ2n) is 9.73. The van der Waals surface area contributed by atoms with Crippen molar-refractivity contribution in [2.75, 3.05) is 25.5 Å². The molecule has 1 unspecified atom stereocenters. The number of alkyl halides is 3. The lowest BCUT2D eigenvalue weighted by Gasteiger charge is -2.28. The third-order valence-corrected chi connectivity index (χ3v) is 6.99. The van der Waals surface area contributed by atoms with Gasteiger partial charge in [-0.1, -0.05) is 42.5 Å². The van der Waals surface area contributed by atoms with E-state index in [4.69, 9.17) is 0 Å². The highest BCUT2D eigenvalue weighted by atomic mass is 19.4. The molecule has 0 radical (unpaired) electrons. The maximum atomic E-state index is 13.6. The van der Waals surface area contributed by atoms with Gasteiger partial charge in [0, 0.05) is 17.7 Å². The molecule has 2 aromatic heterocycles. The first-order valence-corrected chi connectivity index (χ1v) is 12.7. The zero-order chi connectivity index (χ0) is 26.7. The first kappa shape index (κ1) is 25.8. The molecule has 196 valence electrons. The molecule has 1 atom stereocenters. The van der Waals surface area contributed by atoms with E-state index in [2.05, 4.69) is 37.4 Å². The van der Waals surface area contributed by atoms with E-state index in [1.54, 1.807) is 18.3 Å². The molecule has 5 rings (SSSR count). The minimum absolute atomic E-state index is 0.0488. The Labute approximate surface area is 220 Å². The summed E-state index contributed by atoms with van der Waals surface area (Å²) in [5, 5.41) is 12.4. The minimum Gasteiger partial charge on any atom is -0.348 e. The molecule has 1 fully saturated rings. The largest absolute Gasteiger partial charge is 0.416 e. The average molecular weight is 519 g/mol. The van der Waals surface area contributed by atoms with Crippen molar-refractivity contribution in [3.8, 4) is 22.5 Å². The Morgan fingerprint density at radius 3 is 2.45 bits per heavy atom. The molecule has 1 aliphatic rings. The molecule has 0 amide bonds. The zero-order valence-corrected chi connectivity index (χ0v) is 21.3. The van der Waals surface area contributed by atoms with E-state index in [9.17, 15) is 13.2 Å². The van der Waals surface area contributed by atoms with Crippen LogP contribution in [0.25, 0.3) is 22.5 Å². The monoisotopic (exact) mass is 518 g/mol. The van der Waals surface area contributed by atoms with Gasteiger partial charge in [-0.3, -0.25) is 0 Å². The summed E-state index contributed by atoms with van der Waals surface area (Å²) in [7, 11) is 2.08. The standard InChI is InChI=1S/C29H29F3N6/c1-19(20-7-4-3-5-8-20)34-28-33-14-11-25(35-28)27-24(22-9-6-10-23(17-22)29(30,31)32)18-26(36-37-27)21-12-15-38(2)16-13-21/h3-11,14,17-19,21H,12-13,15-16H2,1-2H3,(H,33,34,35). The lowest BCUT2D eigenvalue weighted by Crippen LogP contribution is -2.29. The fourth-order valence-corrected chi connectivity index (χ4v) is 4.76. The Hall–Kier alpha value is -3.85. The molecule has 0 saturated carbocycles. The molecule has 1 saturated heterocycles. The lowest BCUT2D eigenvalue weighted by molar-refractivity contribution is -0.137. The third kappa shape index (κ3) is 5.83. The van der Waals surface area contributed by atoms with Gasteiger partial charge in [-0.15, -0.1) is 5.10 Å². The van der Waals surface area contributed by atoms with Gasteiger partial charge in [0.2, 0.25) is 5.95 Å². The molecule has 2 aromatic carbocycles. The zero-order valence-electron chi connectivity index (χ0n) is 21.3. The number of halogens is 3. The van der Waals surface area contributed by atoms with Crippen molar-refractivity contribution in [3.05, 3.63) is 89.7 Å². The summed E-state index contributed by atoms with van der Waals surface area (Å²) in [5.41, 5.74) is 3.05. The normalized spacial score (nSPS) is 15.8. The SMILES string of the molecule is CC(Nc1nccc(-c2nnc(C3CCN(C)CC3)cc2-c2cccc(C(F)(F)F)c2)n1)c1ccccc1. The number of benzene rings is 2. The number of piperidine rings is 1. The molecule has 1 aliphatic heterocycles. The second-order valence-corrected chi connectivity index (χ2v) is 9.73. The number of rotatable bonds is 6. The quantitative estimate of drug-likeness (QED) is 0.310. The van der Waals surface area contributed by atoms with Gasteiger partial charge < -0.3 is 10.2 Å². The number of likely N-dealkylation sites (tertiary alicyclic amines) is 1. The Kier molecular flexibility index (Phi) is 7.37. The Morgan fingerprint density at radius 2 is 1.71 bits per heavy atom. The second kappa shape index (κ2) is 10.9. The van der Waals surface area contributed by atoms with Crippen LogP contribution in [0.4, 0.5) is 19.1 Å². The lowest BCUT2D eigenvalue weighted by atomic mass is 9.91. The van der Waals surface area contributed by atoms with Gasteiger partial charge in [-0.2, -0.15) is 18.3 Å². The molecule has 0 aliphatic carbocycles. The molecule has 0 spiro atoms. The predicted molar refractivity (Wildman–Crippen MR) is 141 cm³/mol. The molecular weight excluding hydrogens is 489 g/mol. The van der Waals surface area contributed by atoms with E-state index in [1.165, 1.54) is 6.07 Å². The molecule has 9 heteroatoms. The Morgan fingerprint density at radius 1 is 0.947 bits per heavy atom. The highest BCUT2D eigenvalue weighted by Gasteiger charge is 2.31. The summed E-state index contributed by atoms with van der Waals surface area (Å²) in [6, 6.07) is 18.8. The molecule has 38 heavy (non-hydrogen) atoms. The van der Waals surface area contributed by atoms with Gasteiger partial charge in [0.25, 0.3) is 0 Å². The van der Waals surface area contributed by atoms with E-state index in [0.29, 0.717) is 28.5 Å². The number of hydrogen-bond acceptors (Lipinski definition) is 6. The van der Waals surface area contributed by atoms with Crippen molar-refractivity contribution >= 4 is 5.95 Å². The van der Waals surface area contributed by atoms with E-state index < -0.39 is 11.7 Å². The fourth-order valence-electron chi connectivity index (χ4n) is 4.76. The topological polar surface area (TPSA) is 66.8 Å². The number of aromatic nitrogens is 4. The van der Waals surface area contributed by atoms with Gasteiger partial charge in [0.05, 0.1) is 23.0 Å². The summed E-state index contributed by atoms with van der Waals surface area (Å²) in [6.07, 6.45) is -0.991. The predicted octanol–water partition coefficient (Wildman–Crippen LogP) is 6.60. The summed E-state index contributed by atoms with van der Waals surface area (Å²) in [6.45, 7) is 3.89. The number of anilines is 1. The van der Waals surface area contributed by atoms with Gasteiger partial charge in [0.1, 0.15) is 5.69 Å². The van der Waals surface area contributed by atoms with Crippen LogP contribution in [-0.4, -0.2) is 45.2 Å². The first-order chi connectivity index (χ1) is 18.3. The Bertz CT molecular complexity index is 1380. The molecule has 3 heterocycles. The summed E-state index contributed by atoms with van der Waals surface area (Å²) in [5.74, 6) is 0.599. The fraction of sp³-hybridized carbons (Fsp3) is 0.310. The summed E-state index contributed by atoms with van der Waals surface area (Å²) >= 11 is 0. The molecular formula is C29H29F3N6. The molecule has 4 aromatic rings. The van der Waals surface area contributed by atoms with Crippen molar-refractivity contribution < 1.29 is 13.2 Å². The van der Waals surface area contributed by atoms with E-state index in [-0.39, 0.29) is 12.0 Å². The van der Waals surface area contributed by atoms with Crippen LogP contribution < -0.4 is 5.32 Å². The number of nitrogens with zero attached hydrogens (tertiary/aromatic N) is 5.